The van der Waals surface area contributed by atoms with Crippen LogP contribution in [0.5, 0.6) is 0 Å². The second-order valence-corrected chi connectivity index (χ2v) is 8.33. The Morgan fingerprint density at radius 3 is 1.95 bits per heavy atom. The lowest BCUT2D eigenvalue weighted by atomic mass is 9.73. The molecule has 0 amide bonds. The van der Waals surface area contributed by atoms with Gasteiger partial charge in [0.15, 0.2) is 0 Å². The minimum atomic E-state index is 0.297. The molecular formula is C16H32N2O2+2. The maximum Gasteiger partial charge on any atom is 0.121 e. The Labute approximate surface area is 123 Å². The quantitative estimate of drug-likeness (QED) is 0.671. The van der Waals surface area contributed by atoms with E-state index in [2.05, 4.69) is 13.8 Å². The molecule has 0 aromatic rings. The number of rotatable bonds is 0. The van der Waals surface area contributed by atoms with E-state index in [0.29, 0.717) is 15.3 Å². The van der Waals surface area contributed by atoms with Gasteiger partial charge in [-0.1, -0.05) is 13.8 Å². The van der Waals surface area contributed by atoms with Gasteiger partial charge in [0.2, 0.25) is 0 Å². The van der Waals surface area contributed by atoms with Crippen LogP contribution in [0.25, 0.3) is 0 Å². The van der Waals surface area contributed by atoms with Crippen LogP contribution in [0.4, 0.5) is 0 Å². The molecule has 1 saturated carbocycles. The third-order valence-corrected chi connectivity index (χ3v) is 6.50. The van der Waals surface area contributed by atoms with Crippen LogP contribution in [0.2, 0.25) is 0 Å². The van der Waals surface area contributed by atoms with Crippen molar-refractivity contribution in [2.75, 3.05) is 33.2 Å². The van der Waals surface area contributed by atoms with Crippen molar-refractivity contribution in [3.63, 3.8) is 0 Å². The fraction of sp³-hybridized carbons (Fsp3) is 1.00. The molecule has 116 valence electrons. The summed E-state index contributed by atoms with van der Waals surface area (Å²) in [6.45, 7) is 8.57. The molecule has 5 fully saturated rings. The maximum atomic E-state index is 9.97. The highest BCUT2D eigenvalue weighted by Gasteiger charge is 2.49. The van der Waals surface area contributed by atoms with E-state index in [0.717, 1.165) is 49.9 Å². The van der Waals surface area contributed by atoms with Gasteiger partial charge in [-0.25, -0.2) is 10.4 Å². The van der Waals surface area contributed by atoms with Crippen molar-refractivity contribution in [2.24, 2.45) is 23.7 Å². The van der Waals surface area contributed by atoms with Crippen LogP contribution in [0.15, 0.2) is 0 Å². The predicted octanol–water partition coefficient (Wildman–Crippen LogP) is 2.50. The molecule has 4 nitrogen and oxygen atoms in total. The summed E-state index contributed by atoms with van der Waals surface area (Å²) in [5, 5.41) is 19.6. The lowest BCUT2D eigenvalue weighted by Crippen LogP contribution is -2.61. The fourth-order valence-electron chi connectivity index (χ4n) is 5.48. The summed E-state index contributed by atoms with van der Waals surface area (Å²) >= 11 is 0. The van der Waals surface area contributed by atoms with E-state index in [1.54, 1.807) is 0 Å². The molecule has 4 heterocycles. The molecule has 0 radical (unpaired) electrons. The lowest BCUT2D eigenvalue weighted by molar-refractivity contribution is -1.12. The van der Waals surface area contributed by atoms with Gasteiger partial charge in [0.1, 0.15) is 32.2 Å². The van der Waals surface area contributed by atoms with Crippen LogP contribution in [0.3, 0.4) is 0 Å². The van der Waals surface area contributed by atoms with Gasteiger partial charge in [-0.05, 0) is 12.8 Å². The van der Waals surface area contributed by atoms with Crippen LogP contribution in [-0.2, 0) is 0 Å². The van der Waals surface area contributed by atoms with Crippen LogP contribution in [0, 0.1) is 23.7 Å². The van der Waals surface area contributed by atoms with Gasteiger partial charge in [-0.2, -0.15) is 9.29 Å². The number of hydroxylamine groups is 6. The first kappa shape index (κ1) is 14.8. The molecule has 4 heteroatoms. The fourth-order valence-corrected chi connectivity index (χ4v) is 5.48. The zero-order chi connectivity index (χ0) is 14.5. The Bertz CT molecular complexity index is 369. The third kappa shape index (κ3) is 2.63. The van der Waals surface area contributed by atoms with Crippen molar-refractivity contribution in [3.8, 4) is 0 Å². The number of hydrogen-bond acceptors (Lipinski definition) is 2. The lowest BCUT2D eigenvalue weighted by Gasteiger charge is -2.49. The summed E-state index contributed by atoms with van der Waals surface area (Å²) in [4.78, 5) is 0. The smallest absolute Gasteiger partial charge is 0.121 e. The summed E-state index contributed by atoms with van der Waals surface area (Å²) < 4.78 is 0.678. The van der Waals surface area contributed by atoms with Gasteiger partial charge in [0, 0.05) is 36.5 Å². The van der Waals surface area contributed by atoms with Gasteiger partial charge in [-0.3, -0.25) is 0 Å². The number of quaternary nitrogens is 2. The molecule has 20 heavy (non-hydrogen) atoms. The summed E-state index contributed by atoms with van der Waals surface area (Å²) in [7, 11) is 1.96. The highest BCUT2D eigenvalue weighted by Crippen LogP contribution is 2.41. The standard InChI is InChI=1S/C9H18NO.C7H14NO/c1-7-5-8-3-4-9(7)10(2,11)6-8;1-6-4-8(9)3-2-7(6)5-8/h7-9,11H,3-6H2,1-2H3;6-7,9H,2-5H2,1H3/q2*+1. The highest BCUT2D eigenvalue weighted by molar-refractivity contribution is 4.82. The van der Waals surface area contributed by atoms with Crippen LogP contribution < -0.4 is 0 Å². The molecular weight excluding hydrogens is 252 g/mol. The topological polar surface area (TPSA) is 40.5 Å². The number of piperidine rings is 3. The van der Waals surface area contributed by atoms with E-state index in [1.807, 2.05) is 7.05 Å². The summed E-state index contributed by atoms with van der Waals surface area (Å²) in [5.74, 6) is 3.13. The predicted molar refractivity (Wildman–Crippen MR) is 77.0 cm³/mol. The van der Waals surface area contributed by atoms with Crippen LogP contribution in [0.1, 0.15) is 39.5 Å². The minimum absolute atomic E-state index is 0.297. The number of nitrogens with zero attached hydrogens (tertiary/aromatic N) is 2. The Hall–Kier alpha value is -0.160. The molecule has 7 unspecified atom stereocenters. The number of hydrogen-bond donors (Lipinski definition) is 2. The second kappa shape index (κ2) is 4.94. The molecule has 1 aliphatic carbocycles. The molecule has 0 spiro atoms. The SMILES string of the molecule is CC1CC2CCC1[N+](C)(O)C2.CC1C[N+]2(O)CCC1C2. The average Bonchev–Trinajstić information content (AvgIpc) is 2.82. The Morgan fingerprint density at radius 1 is 0.900 bits per heavy atom. The maximum absolute atomic E-state index is 9.97. The molecule has 2 N–H and O–H groups in total. The molecule has 5 rings (SSSR count). The molecule has 5 aliphatic rings. The van der Waals surface area contributed by atoms with E-state index in [4.69, 9.17) is 0 Å². The summed E-state index contributed by atoms with van der Waals surface area (Å²) in [6, 6.07) is 0.528. The van der Waals surface area contributed by atoms with Gasteiger partial charge >= 0.3 is 0 Å². The van der Waals surface area contributed by atoms with Gasteiger partial charge in [-0.15, -0.1) is 0 Å². The Kier molecular flexibility index (Phi) is 3.65. The molecule has 4 aliphatic heterocycles. The van der Waals surface area contributed by atoms with Crippen molar-refractivity contribution in [1.29, 1.82) is 0 Å². The zero-order valence-corrected chi connectivity index (χ0v) is 13.3. The Balaban J connectivity index is 0.000000123. The molecule has 4 bridgehead atoms. The van der Waals surface area contributed by atoms with E-state index in [1.165, 1.54) is 25.7 Å². The first-order chi connectivity index (χ1) is 9.29. The normalized spacial score (nSPS) is 56.5. The van der Waals surface area contributed by atoms with Crippen molar-refractivity contribution in [3.05, 3.63) is 0 Å². The highest BCUT2D eigenvalue weighted by atomic mass is 16.5. The molecule has 0 aromatic heterocycles. The van der Waals surface area contributed by atoms with Gasteiger partial charge in [0.25, 0.3) is 0 Å². The second-order valence-electron chi connectivity index (χ2n) is 8.33. The van der Waals surface area contributed by atoms with Gasteiger partial charge < -0.3 is 0 Å². The summed E-state index contributed by atoms with van der Waals surface area (Å²) in [6.07, 6.45) is 5.18. The van der Waals surface area contributed by atoms with Crippen LogP contribution in [-0.4, -0.2) is 59.0 Å². The first-order valence-electron chi connectivity index (χ1n) is 8.46. The van der Waals surface area contributed by atoms with Crippen LogP contribution >= 0.6 is 0 Å². The monoisotopic (exact) mass is 284 g/mol. The van der Waals surface area contributed by atoms with Crippen molar-refractivity contribution in [1.82, 2.24) is 0 Å². The molecule has 4 saturated heterocycles. The molecule has 7 atom stereocenters. The number of fused-ring (bicyclic) bond motifs is 5. The van der Waals surface area contributed by atoms with E-state index in [-0.39, 0.29) is 0 Å². The summed E-state index contributed by atoms with van der Waals surface area (Å²) in [5.41, 5.74) is 0. The van der Waals surface area contributed by atoms with Crippen molar-refractivity contribution < 1.29 is 19.7 Å². The third-order valence-electron chi connectivity index (χ3n) is 6.50. The first-order valence-corrected chi connectivity index (χ1v) is 8.46. The minimum Gasteiger partial charge on any atom is -0.217 e. The van der Waals surface area contributed by atoms with Crippen molar-refractivity contribution in [2.45, 2.75) is 45.6 Å². The largest absolute Gasteiger partial charge is 0.217 e. The van der Waals surface area contributed by atoms with E-state index < -0.39 is 0 Å². The van der Waals surface area contributed by atoms with E-state index >= 15 is 0 Å². The van der Waals surface area contributed by atoms with Gasteiger partial charge in [0.05, 0.1) is 7.05 Å². The Morgan fingerprint density at radius 2 is 1.65 bits per heavy atom. The average molecular weight is 284 g/mol. The molecule has 0 aromatic carbocycles. The van der Waals surface area contributed by atoms with Crippen molar-refractivity contribution >= 4 is 0 Å². The van der Waals surface area contributed by atoms with E-state index in [9.17, 15) is 10.4 Å². The zero-order valence-electron chi connectivity index (χ0n) is 13.3.